The van der Waals surface area contributed by atoms with Crippen LogP contribution in [0.2, 0.25) is 5.02 Å². The quantitative estimate of drug-likeness (QED) is 0.622. The van der Waals surface area contributed by atoms with Crippen LogP contribution in [0.25, 0.3) is 0 Å². The van der Waals surface area contributed by atoms with Crippen molar-refractivity contribution in [2.75, 3.05) is 35.0 Å². The van der Waals surface area contributed by atoms with Crippen LogP contribution in [0.5, 0.6) is 23.0 Å². The molecule has 2 unspecified atom stereocenters. The highest BCUT2D eigenvalue weighted by atomic mass is 35.5. The summed E-state index contributed by atoms with van der Waals surface area (Å²) in [6.45, 7) is 2.34. The molecule has 0 saturated carbocycles. The van der Waals surface area contributed by atoms with Crippen molar-refractivity contribution >= 4 is 23.4 Å². The minimum Gasteiger partial charge on any atom is -0.496 e. The Morgan fingerprint density at radius 1 is 1.00 bits per heavy atom. The van der Waals surface area contributed by atoms with E-state index >= 15 is 0 Å². The van der Waals surface area contributed by atoms with E-state index in [1.807, 2.05) is 6.92 Å². The van der Waals surface area contributed by atoms with Gasteiger partial charge in [0.05, 0.1) is 40.0 Å². The van der Waals surface area contributed by atoms with E-state index in [4.69, 9.17) is 30.5 Å². The van der Waals surface area contributed by atoms with Gasteiger partial charge in [0.2, 0.25) is 11.7 Å². The number of amides is 2. The molecule has 3 rings (SSSR count). The fourth-order valence-electron chi connectivity index (χ4n) is 4.03. The predicted octanol–water partition coefficient (Wildman–Crippen LogP) is 3.86. The first-order chi connectivity index (χ1) is 15.8. The van der Waals surface area contributed by atoms with E-state index < -0.39 is 6.04 Å². The second-order valence-corrected chi connectivity index (χ2v) is 8.13. The Morgan fingerprint density at radius 2 is 1.64 bits per heavy atom. The lowest BCUT2D eigenvalue weighted by atomic mass is 10.1. The van der Waals surface area contributed by atoms with Crippen LogP contribution in [0.3, 0.4) is 0 Å². The highest BCUT2D eigenvalue weighted by Gasteiger charge is 2.36. The Hall–Kier alpha value is -3.13. The molecular weight excluding hydrogens is 448 g/mol. The van der Waals surface area contributed by atoms with Crippen LogP contribution >= 0.6 is 11.6 Å². The van der Waals surface area contributed by atoms with Gasteiger partial charge in [-0.3, -0.25) is 9.59 Å². The molecule has 1 saturated heterocycles. The van der Waals surface area contributed by atoms with Gasteiger partial charge in [-0.25, -0.2) is 0 Å². The molecule has 2 atom stereocenters. The molecule has 0 bridgehead atoms. The Labute approximate surface area is 198 Å². The fourth-order valence-corrected chi connectivity index (χ4v) is 4.20. The maximum Gasteiger partial charge on any atom is 0.258 e. The molecule has 1 aliphatic heterocycles. The van der Waals surface area contributed by atoms with E-state index in [1.165, 1.54) is 28.4 Å². The number of hydrogen-bond donors (Lipinski definition) is 1. The van der Waals surface area contributed by atoms with Crippen LogP contribution in [-0.4, -0.2) is 57.7 Å². The summed E-state index contributed by atoms with van der Waals surface area (Å²) in [5.41, 5.74) is 1.12. The predicted molar refractivity (Wildman–Crippen MR) is 125 cm³/mol. The van der Waals surface area contributed by atoms with Crippen molar-refractivity contribution in [3.63, 3.8) is 0 Å². The third-order valence-corrected chi connectivity index (χ3v) is 5.99. The average molecular weight is 477 g/mol. The Bertz CT molecular complexity index is 1000. The molecule has 2 aromatic rings. The lowest BCUT2D eigenvalue weighted by Crippen LogP contribution is -2.46. The largest absolute Gasteiger partial charge is 0.496 e. The van der Waals surface area contributed by atoms with E-state index in [0.29, 0.717) is 46.5 Å². The first-order valence-corrected chi connectivity index (χ1v) is 11.0. The molecule has 1 heterocycles. The van der Waals surface area contributed by atoms with Crippen molar-refractivity contribution in [2.24, 2.45) is 0 Å². The number of likely N-dealkylation sites (tertiary alicyclic amines) is 1. The smallest absolute Gasteiger partial charge is 0.258 e. The molecule has 2 amide bonds. The van der Waals surface area contributed by atoms with Crippen LogP contribution in [0.4, 0.5) is 0 Å². The van der Waals surface area contributed by atoms with Gasteiger partial charge in [-0.1, -0.05) is 11.6 Å². The van der Waals surface area contributed by atoms with E-state index in [2.05, 4.69) is 5.32 Å². The first-order valence-electron chi connectivity index (χ1n) is 10.6. The second kappa shape index (κ2) is 10.7. The highest BCUT2D eigenvalue weighted by molar-refractivity contribution is 6.31. The number of carbonyl (C=O) groups excluding carboxylic acids is 2. The summed E-state index contributed by atoms with van der Waals surface area (Å²) in [7, 11) is 6.10. The van der Waals surface area contributed by atoms with Crippen molar-refractivity contribution in [1.82, 2.24) is 10.2 Å². The molecule has 2 aromatic carbocycles. The molecular formula is C24H29ClN2O6. The summed E-state index contributed by atoms with van der Waals surface area (Å²) in [5, 5.41) is 3.44. The molecule has 8 nitrogen and oxygen atoms in total. The number of benzene rings is 2. The topological polar surface area (TPSA) is 86.3 Å². The Morgan fingerprint density at radius 3 is 2.21 bits per heavy atom. The fraction of sp³-hybridized carbons (Fsp3) is 0.417. The number of hydrogen-bond acceptors (Lipinski definition) is 6. The summed E-state index contributed by atoms with van der Waals surface area (Å²) in [5.74, 6) is 1.37. The molecule has 1 aliphatic rings. The van der Waals surface area contributed by atoms with Gasteiger partial charge in [-0.15, -0.1) is 0 Å². The number of rotatable bonds is 8. The summed E-state index contributed by atoms with van der Waals surface area (Å²) >= 11 is 6.10. The van der Waals surface area contributed by atoms with Crippen molar-refractivity contribution in [3.05, 3.63) is 46.5 Å². The van der Waals surface area contributed by atoms with E-state index in [-0.39, 0.29) is 17.9 Å². The zero-order valence-corrected chi connectivity index (χ0v) is 20.2. The Kier molecular flexibility index (Phi) is 7.92. The van der Waals surface area contributed by atoms with Crippen molar-refractivity contribution in [3.8, 4) is 23.0 Å². The molecule has 1 fully saturated rings. The van der Waals surface area contributed by atoms with E-state index in [1.54, 1.807) is 35.2 Å². The second-order valence-electron chi connectivity index (χ2n) is 7.69. The third kappa shape index (κ3) is 5.11. The van der Waals surface area contributed by atoms with Gasteiger partial charge in [0, 0.05) is 11.6 Å². The maximum absolute atomic E-state index is 13.2. The molecule has 0 aliphatic carbocycles. The van der Waals surface area contributed by atoms with Crippen molar-refractivity contribution in [2.45, 2.75) is 31.8 Å². The lowest BCUT2D eigenvalue weighted by molar-refractivity contribution is -0.125. The van der Waals surface area contributed by atoms with Crippen LogP contribution in [0.15, 0.2) is 30.3 Å². The van der Waals surface area contributed by atoms with Crippen LogP contribution in [0, 0.1) is 0 Å². The molecule has 0 spiro atoms. The zero-order valence-electron chi connectivity index (χ0n) is 19.4. The van der Waals surface area contributed by atoms with Gasteiger partial charge in [-0.2, -0.15) is 0 Å². The summed E-state index contributed by atoms with van der Waals surface area (Å²) < 4.78 is 21.5. The van der Waals surface area contributed by atoms with Crippen molar-refractivity contribution < 1.29 is 28.5 Å². The van der Waals surface area contributed by atoms with Crippen LogP contribution in [0.1, 0.15) is 41.7 Å². The molecule has 9 heteroatoms. The minimum absolute atomic E-state index is 0.233. The SMILES string of the molecule is COc1ccc(Cl)cc1C(=O)N1CCCC1C(=O)NC(C)c1cc(OC)c(OC)c(OC)c1. The molecule has 0 aromatic heterocycles. The van der Waals surface area contributed by atoms with E-state index in [0.717, 1.165) is 12.0 Å². The minimum atomic E-state index is -0.592. The normalized spacial score (nSPS) is 16.2. The number of nitrogens with one attached hydrogen (secondary N) is 1. The highest BCUT2D eigenvalue weighted by Crippen LogP contribution is 2.39. The average Bonchev–Trinajstić information content (AvgIpc) is 3.32. The van der Waals surface area contributed by atoms with Gasteiger partial charge in [0.15, 0.2) is 11.5 Å². The number of halogens is 1. The molecule has 178 valence electrons. The number of carbonyl (C=O) groups is 2. The Balaban J connectivity index is 1.80. The van der Waals surface area contributed by atoms with Gasteiger partial charge >= 0.3 is 0 Å². The molecule has 1 N–H and O–H groups in total. The monoisotopic (exact) mass is 476 g/mol. The van der Waals surface area contributed by atoms with Gasteiger partial charge in [-0.05, 0) is 55.7 Å². The number of nitrogens with zero attached hydrogens (tertiary/aromatic N) is 1. The third-order valence-electron chi connectivity index (χ3n) is 5.75. The van der Waals surface area contributed by atoms with Gasteiger partial charge < -0.3 is 29.2 Å². The number of ether oxygens (including phenoxy) is 4. The summed E-state index contributed by atoms with van der Waals surface area (Å²) in [6.07, 6.45) is 1.30. The maximum atomic E-state index is 13.2. The molecule has 33 heavy (non-hydrogen) atoms. The first kappa shape index (κ1) is 24.5. The van der Waals surface area contributed by atoms with Crippen LogP contribution < -0.4 is 24.3 Å². The van der Waals surface area contributed by atoms with Gasteiger partial charge in [0.1, 0.15) is 11.8 Å². The standard InChI is InChI=1S/C24H29ClN2O6/c1-14(15-11-20(31-3)22(33-5)21(12-15)32-4)26-23(28)18-7-6-10-27(18)24(29)17-13-16(25)8-9-19(17)30-2/h8-9,11-14,18H,6-7,10H2,1-5H3,(H,26,28). The van der Waals surface area contributed by atoms with E-state index in [9.17, 15) is 9.59 Å². The lowest BCUT2D eigenvalue weighted by Gasteiger charge is -2.26. The number of methoxy groups -OCH3 is 4. The van der Waals surface area contributed by atoms with Crippen LogP contribution in [-0.2, 0) is 4.79 Å². The molecule has 0 radical (unpaired) electrons. The summed E-state index contributed by atoms with van der Waals surface area (Å²) in [4.78, 5) is 28.0. The zero-order chi connectivity index (χ0) is 24.1. The van der Waals surface area contributed by atoms with Crippen molar-refractivity contribution in [1.29, 1.82) is 0 Å². The summed E-state index contributed by atoms with van der Waals surface area (Å²) in [6, 6.07) is 7.50. The van der Waals surface area contributed by atoms with Gasteiger partial charge in [0.25, 0.3) is 5.91 Å².